The molecule has 1 heterocycles. The van der Waals surface area contributed by atoms with Crippen LogP contribution in [0.25, 0.3) is 0 Å². The minimum Gasteiger partial charge on any atom is -0.308 e. The van der Waals surface area contributed by atoms with Crippen LogP contribution in [-0.2, 0) is 6.18 Å². The van der Waals surface area contributed by atoms with Crippen molar-refractivity contribution in [3.05, 3.63) is 65.2 Å². The highest BCUT2D eigenvalue weighted by Crippen LogP contribution is 2.36. The van der Waals surface area contributed by atoms with Gasteiger partial charge in [0.15, 0.2) is 5.16 Å². The molecule has 0 bridgehead atoms. The Bertz CT molecular complexity index is 1150. The third kappa shape index (κ3) is 6.06. The molecule has 0 aliphatic rings. The molecule has 166 valence electrons. The molecule has 0 atom stereocenters. The molecular formula is C18H12ClF3N6O3S. The fourth-order valence-electron chi connectivity index (χ4n) is 2.32. The van der Waals surface area contributed by atoms with Gasteiger partial charge in [0.05, 0.1) is 10.6 Å². The maximum absolute atomic E-state index is 12.9. The lowest BCUT2D eigenvalue weighted by Gasteiger charge is -2.12. The number of hydroxylamine groups is 1. The van der Waals surface area contributed by atoms with Crippen molar-refractivity contribution in [3.63, 3.8) is 0 Å². The topological polar surface area (TPSA) is 129 Å². The van der Waals surface area contributed by atoms with E-state index in [1.54, 1.807) is 24.3 Å². The number of nitrogens with one attached hydrogen (secondary N) is 3. The summed E-state index contributed by atoms with van der Waals surface area (Å²) in [7, 11) is 0. The van der Waals surface area contributed by atoms with Crippen molar-refractivity contribution in [1.29, 1.82) is 0 Å². The molecule has 3 rings (SSSR count). The second kappa shape index (κ2) is 9.80. The zero-order valence-electron chi connectivity index (χ0n) is 15.6. The molecule has 3 aromatic rings. The first-order valence-corrected chi connectivity index (χ1v) is 9.71. The number of aromatic nitrogens is 3. The third-order valence-electron chi connectivity index (χ3n) is 3.71. The van der Waals surface area contributed by atoms with Gasteiger partial charge in [0.1, 0.15) is 6.33 Å². The molecule has 0 saturated heterocycles. The van der Waals surface area contributed by atoms with Gasteiger partial charge in [-0.05, 0) is 54.2 Å². The van der Waals surface area contributed by atoms with Crippen molar-refractivity contribution in [2.45, 2.75) is 16.2 Å². The van der Waals surface area contributed by atoms with Gasteiger partial charge >= 0.3 is 18.1 Å². The zero-order valence-corrected chi connectivity index (χ0v) is 17.2. The second-order valence-electron chi connectivity index (χ2n) is 5.93. The number of rotatable bonds is 5. The standard InChI is InChI=1S/C18H12ClF3N6O3S/c19-13-6-3-10(7-12(13)18(20,21)22)26-16(30)25-9-1-4-11(5-2-9)32-17-24-8-23-14(27-17)15(29)28-31/h1-8,31H,(H,28,29)(H2,25,26,30). The number of carbonyl (C=O) groups excluding carboxylic acids is 2. The molecule has 4 N–H and O–H groups in total. The maximum Gasteiger partial charge on any atom is 0.417 e. The molecule has 0 aliphatic heterocycles. The van der Waals surface area contributed by atoms with E-state index in [1.165, 1.54) is 11.5 Å². The summed E-state index contributed by atoms with van der Waals surface area (Å²) >= 11 is 6.65. The highest BCUT2D eigenvalue weighted by atomic mass is 35.5. The monoisotopic (exact) mass is 484 g/mol. The summed E-state index contributed by atoms with van der Waals surface area (Å²) in [6.07, 6.45) is -3.54. The van der Waals surface area contributed by atoms with Crippen molar-refractivity contribution < 1.29 is 28.0 Å². The predicted octanol–water partition coefficient (Wildman–Crippen LogP) is 4.46. The number of amides is 3. The molecular weight excluding hydrogens is 473 g/mol. The van der Waals surface area contributed by atoms with Gasteiger partial charge in [-0.15, -0.1) is 0 Å². The number of hydrogen-bond donors (Lipinski definition) is 4. The zero-order chi connectivity index (χ0) is 23.3. The van der Waals surface area contributed by atoms with E-state index in [0.717, 1.165) is 30.2 Å². The number of anilines is 2. The number of alkyl halides is 3. The van der Waals surface area contributed by atoms with Crippen LogP contribution in [0.1, 0.15) is 16.2 Å². The van der Waals surface area contributed by atoms with Crippen LogP contribution >= 0.6 is 23.4 Å². The van der Waals surface area contributed by atoms with Crippen LogP contribution in [0.4, 0.5) is 29.3 Å². The van der Waals surface area contributed by atoms with Gasteiger partial charge in [0, 0.05) is 16.3 Å². The fourth-order valence-corrected chi connectivity index (χ4v) is 3.25. The Morgan fingerprint density at radius 2 is 1.66 bits per heavy atom. The Balaban J connectivity index is 1.62. The molecule has 3 amide bonds. The number of benzene rings is 2. The van der Waals surface area contributed by atoms with Crippen molar-refractivity contribution in [3.8, 4) is 0 Å². The molecule has 9 nitrogen and oxygen atoms in total. The average Bonchev–Trinajstić information content (AvgIpc) is 2.75. The summed E-state index contributed by atoms with van der Waals surface area (Å²) in [6, 6.07) is 8.63. The van der Waals surface area contributed by atoms with Crippen LogP contribution in [0.5, 0.6) is 0 Å². The summed E-state index contributed by atoms with van der Waals surface area (Å²) in [5.41, 5.74) is 0.649. The van der Waals surface area contributed by atoms with Crippen molar-refractivity contribution in [2.75, 3.05) is 10.6 Å². The maximum atomic E-state index is 12.9. The summed E-state index contributed by atoms with van der Waals surface area (Å²) in [6.45, 7) is 0. The Morgan fingerprint density at radius 3 is 2.31 bits per heavy atom. The first-order valence-electron chi connectivity index (χ1n) is 8.52. The summed E-state index contributed by atoms with van der Waals surface area (Å²) in [5.74, 6) is -1.15. The van der Waals surface area contributed by atoms with Gasteiger partial charge < -0.3 is 10.6 Å². The summed E-state index contributed by atoms with van der Waals surface area (Å²) in [5, 5.41) is 13.1. The van der Waals surface area contributed by atoms with Crippen LogP contribution in [0.15, 0.2) is 58.8 Å². The molecule has 0 aliphatic carbocycles. The van der Waals surface area contributed by atoms with E-state index in [1.807, 2.05) is 0 Å². The largest absolute Gasteiger partial charge is 0.417 e. The Hall–Kier alpha value is -3.42. The van der Waals surface area contributed by atoms with Crippen LogP contribution < -0.4 is 16.1 Å². The smallest absolute Gasteiger partial charge is 0.308 e. The van der Waals surface area contributed by atoms with E-state index in [-0.39, 0.29) is 16.7 Å². The fraction of sp³-hybridized carbons (Fsp3) is 0.0556. The van der Waals surface area contributed by atoms with Gasteiger partial charge in [0.25, 0.3) is 0 Å². The first-order chi connectivity index (χ1) is 15.2. The van der Waals surface area contributed by atoms with Gasteiger partial charge in [-0.3, -0.25) is 10.0 Å². The third-order valence-corrected chi connectivity index (χ3v) is 4.92. The van der Waals surface area contributed by atoms with Gasteiger partial charge in [-0.1, -0.05) is 11.6 Å². The normalized spacial score (nSPS) is 11.0. The Morgan fingerprint density at radius 1 is 1.00 bits per heavy atom. The highest BCUT2D eigenvalue weighted by Gasteiger charge is 2.33. The van der Waals surface area contributed by atoms with E-state index in [4.69, 9.17) is 16.8 Å². The number of urea groups is 1. The van der Waals surface area contributed by atoms with E-state index in [9.17, 15) is 22.8 Å². The number of hydrogen-bond acceptors (Lipinski definition) is 7. The Kier molecular flexibility index (Phi) is 7.12. The molecule has 0 radical (unpaired) electrons. The molecule has 14 heteroatoms. The lowest BCUT2D eigenvalue weighted by molar-refractivity contribution is -0.137. The number of carbonyl (C=O) groups is 2. The molecule has 0 fully saturated rings. The number of halogens is 4. The van der Waals surface area contributed by atoms with E-state index in [2.05, 4.69) is 25.6 Å². The van der Waals surface area contributed by atoms with Crippen molar-refractivity contribution >= 4 is 46.7 Å². The number of nitrogens with zero attached hydrogens (tertiary/aromatic N) is 3. The van der Waals surface area contributed by atoms with Crippen LogP contribution in [0.3, 0.4) is 0 Å². The summed E-state index contributed by atoms with van der Waals surface area (Å²) in [4.78, 5) is 35.5. The SMILES string of the molecule is O=C(Nc1ccc(Sc2ncnc(C(=O)NO)n2)cc1)Nc1ccc(Cl)c(C(F)(F)F)c1. The molecule has 0 unspecified atom stereocenters. The minimum absolute atomic E-state index is 0.0797. The average molecular weight is 485 g/mol. The lowest BCUT2D eigenvalue weighted by Crippen LogP contribution is -2.21. The first kappa shape index (κ1) is 23.2. The lowest BCUT2D eigenvalue weighted by atomic mass is 10.2. The molecule has 0 spiro atoms. The second-order valence-corrected chi connectivity index (χ2v) is 7.38. The van der Waals surface area contributed by atoms with Crippen molar-refractivity contribution in [1.82, 2.24) is 20.4 Å². The van der Waals surface area contributed by atoms with E-state index >= 15 is 0 Å². The highest BCUT2D eigenvalue weighted by molar-refractivity contribution is 7.99. The van der Waals surface area contributed by atoms with E-state index < -0.39 is 28.7 Å². The molecule has 32 heavy (non-hydrogen) atoms. The minimum atomic E-state index is -4.65. The van der Waals surface area contributed by atoms with Crippen LogP contribution in [-0.4, -0.2) is 32.1 Å². The molecule has 0 saturated carbocycles. The van der Waals surface area contributed by atoms with Gasteiger partial charge in [-0.25, -0.2) is 20.2 Å². The van der Waals surface area contributed by atoms with Gasteiger partial charge in [-0.2, -0.15) is 18.2 Å². The molecule has 1 aromatic heterocycles. The van der Waals surface area contributed by atoms with Gasteiger partial charge in [0.2, 0.25) is 5.82 Å². The molecule has 2 aromatic carbocycles. The van der Waals surface area contributed by atoms with Crippen LogP contribution in [0.2, 0.25) is 5.02 Å². The quantitative estimate of drug-likeness (QED) is 0.311. The summed E-state index contributed by atoms with van der Waals surface area (Å²) < 4.78 is 38.8. The predicted molar refractivity (Wildman–Crippen MR) is 109 cm³/mol. The van der Waals surface area contributed by atoms with Crippen molar-refractivity contribution in [2.24, 2.45) is 0 Å². The van der Waals surface area contributed by atoms with E-state index in [0.29, 0.717) is 10.6 Å². The van der Waals surface area contributed by atoms with Crippen LogP contribution in [0, 0.1) is 0 Å². The Labute approximate surface area is 187 Å².